The van der Waals surface area contributed by atoms with E-state index in [2.05, 4.69) is 38.3 Å². The Morgan fingerprint density at radius 3 is 2.58 bits per heavy atom. The van der Waals surface area contributed by atoms with E-state index in [0.717, 1.165) is 24.3 Å². The quantitative estimate of drug-likeness (QED) is 0.530. The van der Waals surface area contributed by atoms with Gasteiger partial charge >= 0.3 is 0 Å². The smallest absolute Gasteiger partial charge is 0.133 e. The van der Waals surface area contributed by atoms with Crippen molar-refractivity contribution >= 4 is 11.8 Å². The molecule has 0 aliphatic heterocycles. The van der Waals surface area contributed by atoms with Gasteiger partial charge in [0.15, 0.2) is 0 Å². The molecule has 0 aliphatic rings. The Balaban J connectivity index is 2.92. The van der Waals surface area contributed by atoms with E-state index in [0.29, 0.717) is 12.5 Å². The van der Waals surface area contributed by atoms with Crippen molar-refractivity contribution < 1.29 is 4.74 Å². The summed E-state index contributed by atoms with van der Waals surface area (Å²) in [6.07, 6.45) is 2.17. The molecular formula is C16H23NOS. The van der Waals surface area contributed by atoms with Crippen LogP contribution in [-0.4, -0.2) is 12.4 Å². The molecule has 1 atom stereocenters. The molecule has 2 nitrogen and oxygen atoms in total. The molecule has 0 N–H and O–H groups in total. The van der Waals surface area contributed by atoms with Crippen LogP contribution in [0.25, 0.3) is 0 Å². The molecule has 1 aromatic carbocycles. The molecule has 0 amide bonds. The van der Waals surface area contributed by atoms with Crippen LogP contribution in [0.1, 0.15) is 49.3 Å². The highest BCUT2D eigenvalue weighted by Crippen LogP contribution is 2.32. The van der Waals surface area contributed by atoms with Crippen molar-refractivity contribution in [1.82, 2.24) is 0 Å². The van der Waals surface area contributed by atoms with E-state index < -0.39 is 0 Å². The van der Waals surface area contributed by atoms with E-state index in [4.69, 9.17) is 10.00 Å². The van der Waals surface area contributed by atoms with Crippen LogP contribution in [-0.2, 0) is 0 Å². The molecule has 19 heavy (non-hydrogen) atoms. The van der Waals surface area contributed by atoms with Crippen molar-refractivity contribution in [3.63, 3.8) is 0 Å². The minimum absolute atomic E-state index is 0.537. The molecule has 0 heterocycles. The number of aryl methyl sites for hydroxylation is 2. The van der Waals surface area contributed by atoms with Crippen LogP contribution in [0.4, 0.5) is 0 Å². The minimum atomic E-state index is 0.537. The van der Waals surface area contributed by atoms with E-state index in [1.807, 2.05) is 6.92 Å². The first-order valence-electron chi connectivity index (χ1n) is 6.88. The molecule has 0 spiro atoms. The van der Waals surface area contributed by atoms with Gasteiger partial charge in [-0.25, -0.2) is 0 Å². The molecule has 0 radical (unpaired) electrons. The Hall–Kier alpha value is -1.14. The molecule has 1 unspecified atom stereocenters. The van der Waals surface area contributed by atoms with Crippen LogP contribution in [0.15, 0.2) is 12.1 Å². The standard InChI is InChI=1S/C16H23NOS/c1-5-14(7-8-19-11-17)15-9-13(4)16(18-6-2)10-12(15)3/h9-10,14H,5-8H2,1-4H3. The van der Waals surface area contributed by atoms with Crippen molar-refractivity contribution in [1.29, 1.82) is 5.26 Å². The highest BCUT2D eigenvalue weighted by Gasteiger charge is 2.14. The monoisotopic (exact) mass is 277 g/mol. The Morgan fingerprint density at radius 1 is 1.26 bits per heavy atom. The third-order valence-electron chi connectivity index (χ3n) is 3.43. The van der Waals surface area contributed by atoms with Crippen molar-refractivity contribution in [2.45, 2.75) is 46.5 Å². The predicted octanol–water partition coefficient (Wildman–Crippen LogP) is 4.80. The van der Waals surface area contributed by atoms with E-state index in [1.165, 1.54) is 28.5 Å². The number of nitriles is 1. The first-order valence-corrected chi connectivity index (χ1v) is 7.87. The van der Waals surface area contributed by atoms with Crippen LogP contribution in [0.3, 0.4) is 0 Å². The second-order valence-corrected chi connectivity index (χ2v) is 5.62. The van der Waals surface area contributed by atoms with Gasteiger partial charge in [-0.15, -0.1) is 0 Å². The number of rotatable bonds is 7. The molecule has 1 rings (SSSR count). The van der Waals surface area contributed by atoms with Crippen LogP contribution in [0.5, 0.6) is 5.75 Å². The molecule has 0 saturated carbocycles. The van der Waals surface area contributed by atoms with Crippen LogP contribution < -0.4 is 4.74 Å². The number of hydrogen-bond acceptors (Lipinski definition) is 3. The lowest BCUT2D eigenvalue weighted by Gasteiger charge is -2.19. The molecule has 0 fully saturated rings. The summed E-state index contributed by atoms with van der Waals surface area (Å²) in [5.41, 5.74) is 3.90. The van der Waals surface area contributed by atoms with Gasteiger partial charge in [-0.3, -0.25) is 0 Å². The fourth-order valence-corrected chi connectivity index (χ4v) is 2.88. The lowest BCUT2D eigenvalue weighted by molar-refractivity contribution is 0.337. The zero-order chi connectivity index (χ0) is 14.3. The fourth-order valence-electron chi connectivity index (χ4n) is 2.39. The summed E-state index contributed by atoms with van der Waals surface area (Å²) < 4.78 is 5.64. The summed E-state index contributed by atoms with van der Waals surface area (Å²) in [7, 11) is 0. The molecule has 0 saturated heterocycles. The topological polar surface area (TPSA) is 33.0 Å². The van der Waals surface area contributed by atoms with Gasteiger partial charge in [0, 0.05) is 5.75 Å². The van der Waals surface area contributed by atoms with Gasteiger partial charge in [0.2, 0.25) is 0 Å². The maximum atomic E-state index is 8.61. The number of hydrogen-bond donors (Lipinski definition) is 0. The molecule has 0 bridgehead atoms. The minimum Gasteiger partial charge on any atom is -0.494 e. The first-order chi connectivity index (χ1) is 9.13. The van der Waals surface area contributed by atoms with Crippen LogP contribution in [0.2, 0.25) is 0 Å². The highest BCUT2D eigenvalue weighted by molar-refractivity contribution is 8.03. The number of thioether (sulfide) groups is 1. The highest BCUT2D eigenvalue weighted by atomic mass is 32.2. The SMILES string of the molecule is CCOc1cc(C)c(C(CC)CCSC#N)cc1C. The Labute approximate surface area is 121 Å². The summed E-state index contributed by atoms with van der Waals surface area (Å²) in [6, 6.07) is 4.40. The maximum absolute atomic E-state index is 8.61. The lowest BCUT2D eigenvalue weighted by Crippen LogP contribution is -2.04. The zero-order valence-corrected chi connectivity index (χ0v) is 13.1. The molecule has 0 aliphatic carbocycles. The van der Waals surface area contributed by atoms with Gasteiger partial charge < -0.3 is 4.74 Å². The van der Waals surface area contributed by atoms with E-state index in [9.17, 15) is 0 Å². The van der Waals surface area contributed by atoms with Gasteiger partial charge in [-0.05, 0) is 74.0 Å². The Bertz CT molecular complexity index is 451. The zero-order valence-electron chi connectivity index (χ0n) is 12.3. The van der Waals surface area contributed by atoms with Gasteiger partial charge in [-0.1, -0.05) is 13.0 Å². The van der Waals surface area contributed by atoms with Crippen LogP contribution >= 0.6 is 11.8 Å². The second kappa shape index (κ2) is 8.12. The van der Waals surface area contributed by atoms with Gasteiger partial charge in [0.1, 0.15) is 11.2 Å². The summed E-state index contributed by atoms with van der Waals surface area (Å²) in [4.78, 5) is 0. The molecular weight excluding hydrogens is 254 g/mol. The van der Waals surface area contributed by atoms with Crippen molar-refractivity contribution in [3.8, 4) is 11.2 Å². The van der Waals surface area contributed by atoms with Gasteiger partial charge in [-0.2, -0.15) is 5.26 Å². The largest absolute Gasteiger partial charge is 0.494 e. The second-order valence-electron chi connectivity index (χ2n) is 4.74. The number of nitrogens with zero attached hydrogens (tertiary/aromatic N) is 1. The Kier molecular flexibility index (Phi) is 6.80. The van der Waals surface area contributed by atoms with Crippen molar-refractivity contribution in [3.05, 3.63) is 28.8 Å². The summed E-state index contributed by atoms with van der Waals surface area (Å²) in [5.74, 6) is 2.43. The van der Waals surface area contributed by atoms with Crippen molar-refractivity contribution in [2.24, 2.45) is 0 Å². The first kappa shape index (κ1) is 15.9. The molecule has 3 heteroatoms. The van der Waals surface area contributed by atoms with Gasteiger partial charge in [0.25, 0.3) is 0 Å². The normalized spacial score (nSPS) is 11.9. The molecule has 104 valence electrons. The average Bonchev–Trinajstić information content (AvgIpc) is 2.39. The summed E-state index contributed by atoms with van der Waals surface area (Å²) >= 11 is 1.35. The number of thiocyanates is 1. The van der Waals surface area contributed by atoms with Gasteiger partial charge in [0.05, 0.1) is 6.61 Å². The predicted molar refractivity (Wildman–Crippen MR) is 82.8 cm³/mol. The number of ether oxygens (including phenoxy) is 1. The lowest BCUT2D eigenvalue weighted by atomic mass is 9.89. The molecule has 1 aromatic rings. The fraction of sp³-hybridized carbons (Fsp3) is 0.562. The van der Waals surface area contributed by atoms with E-state index in [-0.39, 0.29) is 0 Å². The third kappa shape index (κ3) is 4.47. The third-order valence-corrected chi connectivity index (χ3v) is 4.00. The van der Waals surface area contributed by atoms with E-state index in [1.54, 1.807) is 0 Å². The summed E-state index contributed by atoms with van der Waals surface area (Å²) in [5, 5.41) is 10.8. The maximum Gasteiger partial charge on any atom is 0.133 e. The van der Waals surface area contributed by atoms with Crippen LogP contribution in [0, 0.1) is 24.5 Å². The van der Waals surface area contributed by atoms with E-state index >= 15 is 0 Å². The Morgan fingerprint density at radius 2 is 2.00 bits per heavy atom. The average molecular weight is 277 g/mol. The molecule has 0 aromatic heterocycles. The van der Waals surface area contributed by atoms with Crippen molar-refractivity contribution in [2.75, 3.05) is 12.4 Å². The summed E-state index contributed by atoms with van der Waals surface area (Å²) in [6.45, 7) is 9.18. The number of benzene rings is 1.